The lowest BCUT2D eigenvalue weighted by molar-refractivity contribution is -0.140. The molecule has 1 N–H and O–H groups in total. The van der Waals surface area contributed by atoms with E-state index in [0.29, 0.717) is 23.8 Å². The second kappa shape index (κ2) is 10.6. The number of aryl methyl sites for hydroxylation is 1. The van der Waals surface area contributed by atoms with Crippen molar-refractivity contribution >= 4 is 17.4 Å². The zero-order valence-electron chi connectivity index (χ0n) is 21.8. The molecule has 1 aliphatic rings. The Kier molecular flexibility index (Phi) is 8.06. The quantitative estimate of drug-likeness (QED) is 0.312. The number of Topliss-reactive ketones (excluding diaryl/α,β-unsaturated/α-hetero) is 1. The SMILES string of the molecule is COCCN1C(=O)C(=O)C(=C(O)c2ccc(OCC(C)C)cc2C)[C@@H]1c1ccc(C(C)(C)C)cc1. The first-order valence-electron chi connectivity index (χ1n) is 12.1. The Morgan fingerprint density at radius 1 is 1.09 bits per heavy atom. The van der Waals surface area contributed by atoms with E-state index in [1.165, 1.54) is 4.90 Å². The first kappa shape index (κ1) is 26.5. The van der Waals surface area contributed by atoms with E-state index >= 15 is 0 Å². The topological polar surface area (TPSA) is 76.1 Å². The number of hydrogen-bond donors (Lipinski definition) is 1. The molecule has 6 nitrogen and oxygen atoms in total. The van der Waals surface area contributed by atoms with Gasteiger partial charge in [0.2, 0.25) is 0 Å². The zero-order valence-corrected chi connectivity index (χ0v) is 21.8. The van der Waals surface area contributed by atoms with Crippen LogP contribution in [0.5, 0.6) is 5.75 Å². The molecule has 2 aromatic rings. The molecule has 0 spiro atoms. The Hall–Kier alpha value is -3.12. The molecule has 0 unspecified atom stereocenters. The second-order valence-corrected chi connectivity index (χ2v) is 10.5. The van der Waals surface area contributed by atoms with Crippen LogP contribution in [0.25, 0.3) is 5.76 Å². The Labute approximate surface area is 208 Å². The number of carbonyl (C=O) groups is 2. The number of aliphatic hydroxyl groups excluding tert-OH is 1. The summed E-state index contributed by atoms with van der Waals surface area (Å²) in [5.74, 6) is -0.425. The molecule has 0 saturated carbocycles. The van der Waals surface area contributed by atoms with Crippen LogP contribution in [-0.4, -0.2) is 48.6 Å². The average Bonchev–Trinajstić information content (AvgIpc) is 3.05. The van der Waals surface area contributed by atoms with Gasteiger partial charge in [0.15, 0.2) is 0 Å². The molecule has 0 aliphatic carbocycles. The van der Waals surface area contributed by atoms with E-state index < -0.39 is 17.7 Å². The van der Waals surface area contributed by atoms with Gasteiger partial charge in [-0.3, -0.25) is 9.59 Å². The fourth-order valence-corrected chi connectivity index (χ4v) is 4.21. The van der Waals surface area contributed by atoms with Gasteiger partial charge in [0.25, 0.3) is 11.7 Å². The molecule has 1 amide bonds. The molecule has 1 saturated heterocycles. The minimum Gasteiger partial charge on any atom is -0.507 e. The van der Waals surface area contributed by atoms with Crippen LogP contribution in [0.1, 0.15) is 62.9 Å². The number of nitrogens with zero attached hydrogens (tertiary/aromatic N) is 1. The summed E-state index contributed by atoms with van der Waals surface area (Å²) < 4.78 is 11.0. The maximum Gasteiger partial charge on any atom is 0.295 e. The van der Waals surface area contributed by atoms with Crippen LogP contribution in [0, 0.1) is 12.8 Å². The smallest absolute Gasteiger partial charge is 0.295 e. The summed E-state index contributed by atoms with van der Waals surface area (Å²) in [7, 11) is 1.55. The molecule has 1 atom stereocenters. The maximum absolute atomic E-state index is 13.2. The van der Waals surface area contributed by atoms with Crippen molar-refractivity contribution in [2.24, 2.45) is 5.92 Å². The summed E-state index contributed by atoms with van der Waals surface area (Å²) >= 11 is 0. The lowest BCUT2D eigenvalue weighted by Crippen LogP contribution is -2.32. The van der Waals surface area contributed by atoms with Crippen LogP contribution in [0.3, 0.4) is 0 Å². The molecule has 3 rings (SSSR count). The first-order chi connectivity index (χ1) is 16.5. The van der Waals surface area contributed by atoms with Crippen LogP contribution < -0.4 is 4.74 Å². The van der Waals surface area contributed by atoms with E-state index in [0.717, 1.165) is 16.7 Å². The van der Waals surface area contributed by atoms with Gasteiger partial charge in [-0.1, -0.05) is 58.9 Å². The van der Waals surface area contributed by atoms with Crippen molar-refractivity contribution in [3.8, 4) is 5.75 Å². The molecule has 0 aromatic heterocycles. The summed E-state index contributed by atoms with van der Waals surface area (Å²) in [5.41, 5.74) is 3.23. The highest BCUT2D eigenvalue weighted by atomic mass is 16.5. The van der Waals surface area contributed by atoms with Gasteiger partial charge < -0.3 is 19.5 Å². The Bertz CT molecular complexity index is 1110. The second-order valence-electron chi connectivity index (χ2n) is 10.5. The minimum absolute atomic E-state index is 0.0348. The zero-order chi connectivity index (χ0) is 25.9. The average molecular weight is 480 g/mol. The standard InChI is InChI=1S/C29H37NO5/c1-18(2)17-35-22-12-13-23(19(3)16-22)26(31)24-25(30(14-15-34-7)28(33)27(24)32)20-8-10-21(11-9-20)29(4,5)6/h8-13,16,18,25,31H,14-15,17H2,1-7H3/t25-/m0/s1. The van der Waals surface area contributed by atoms with E-state index in [-0.39, 0.29) is 29.9 Å². The third kappa shape index (κ3) is 5.76. The predicted octanol–water partition coefficient (Wildman–Crippen LogP) is 5.40. The van der Waals surface area contributed by atoms with Gasteiger partial charge in [-0.15, -0.1) is 0 Å². The minimum atomic E-state index is -0.699. The van der Waals surface area contributed by atoms with E-state index in [4.69, 9.17) is 9.47 Å². The molecule has 6 heteroatoms. The number of rotatable bonds is 8. The monoisotopic (exact) mass is 479 g/mol. The van der Waals surface area contributed by atoms with Gasteiger partial charge >= 0.3 is 0 Å². The van der Waals surface area contributed by atoms with Crippen molar-refractivity contribution in [3.05, 3.63) is 70.3 Å². The van der Waals surface area contributed by atoms with Crippen molar-refractivity contribution in [1.82, 2.24) is 4.90 Å². The van der Waals surface area contributed by atoms with Crippen molar-refractivity contribution < 1.29 is 24.2 Å². The molecular weight excluding hydrogens is 442 g/mol. The third-order valence-corrected chi connectivity index (χ3v) is 6.21. The number of ether oxygens (including phenoxy) is 2. The highest BCUT2D eigenvalue weighted by Gasteiger charge is 2.46. The van der Waals surface area contributed by atoms with Crippen molar-refractivity contribution in [1.29, 1.82) is 0 Å². The molecule has 35 heavy (non-hydrogen) atoms. The van der Waals surface area contributed by atoms with E-state index in [2.05, 4.69) is 34.6 Å². The number of methoxy groups -OCH3 is 1. The third-order valence-electron chi connectivity index (χ3n) is 6.21. The van der Waals surface area contributed by atoms with Crippen molar-refractivity contribution in [2.75, 3.05) is 26.9 Å². The van der Waals surface area contributed by atoms with Crippen LogP contribution in [0.15, 0.2) is 48.0 Å². The van der Waals surface area contributed by atoms with Crippen molar-refractivity contribution in [3.63, 3.8) is 0 Å². The van der Waals surface area contributed by atoms with Gasteiger partial charge in [-0.25, -0.2) is 0 Å². The molecule has 1 heterocycles. The van der Waals surface area contributed by atoms with E-state index in [1.807, 2.05) is 37.3 Å². The molecule has 1 aliphatic heterocycles. The fourth-order valence-electron chi connectivity index (χ4n) is 4.21. The number of carbonyl (C=O) groups excluding carboxylic acids is 2. The summed E-state index contributed by atoms with van der Waals surface area (Å²) in [6.45, 7) is 13.5. The number of likely N-dealkylation sites (tertiary alicyclic amines) is 1. The number of aliphatic hydroxyl groups is 1. The normalized spacial score (nSPS) is 17.9. The summed E-state index contributed by atoms with van der Waals surface area (Å²) in [6, 6.07) is 12.5. The summed E-state index contributed by atoms with van der Waals surface area (Å²) in [4.78, 5) is 27.7. The van der Waals surface area contributed by atoms with Crippen LogP contribution in [0.2, 0.25) is 0 Å². The first-order valence-corrected chi connectivity index (χ1v) is 12.1. The molecule has 0 radical (unpaired) electrons. The number of hydrogen-bond acceptors (Lipinski definition) is 5. The largest absolute Gasteiger partial charge is 0.507 e. The van der Waals surface area contributed by atoms with Gasteiger partial charge in [0, 0.05) is 19.2 Å². The predicted molar refractivity (Wildman–Crippen MR) is 138 cm³/mol. The lowest BCUT2D eigenvalue weighted by Gasteiger charge is -2.26. The molecule has 1 fully saturated rings. The van der Waals surface area contributed by atoms with Crippen molar-refractivity contribution in [2.45, 2.75) is 53.0 Å². The van der Waals surface area contributed by atoms with E-state index in [9.17, 15) is 14.7 Å². The number of amides is 1. The summed E-state index contributed by atoms with van der Waals surface area (Å²) in [6.07, 6.45) is 0. The molecule has 188 valence electrons. The highest BCUT2D eigenvalue weighted by molar-refractivity contribution is 6.46. The maximum atomic E-state index is 13.2. The van der Waals surface area contributed by atoms with Crippen LogP contribution in [0.4, 0.5) is 0 Å². The highest BCUT2D eigenvalue weighted by Crippen LogP contribution is 2.40. The van der Waals surface area contributed by atoms with Crippen LogP contribution in [-0.2, 0) is 19.7 Å². The lowest BCUT2D eigenvalue weighted by atomic mass is 9.85. The number of ketones is 1. The Morgan fingerprint density at radius 2 is 1.74 bits per heavy atom. The van der Waals surface area contributed by atoms with E-state index in [1.54, 1.807) is 19.2 Å². The molecule has 0 bridgehead atoms. The van der Waals surface area contributed by atoms with Gasteiger partial charge in [0.1, 0.15) is 11.5 Å². The van der Waals surface area contributed by atoms with Gasteiger partial charge in [-0.2, -0.15) is 0 Å². The Morgan fingerprint density at radius 3 is 2.29 bits per heavy atom. The Balaban J connectivity index is 2.09. The van der Waals surface area contributed by atoms with Gasteiger partial charge in [-0.05, 0) is 53.1 Å². The number of benzene rings is 2. The molecular formula is C29H37NO5. The summed E-state index contributed by atoms with van der Waals surface area (Å²) in [5, 5.41) is 11.4. The van der Waals surface area contributed by atoms with Crippen LogP contribution >= 0.6 is 0 Å². The van der Waals surface area contributed by atoms with Gasteiger partial charge in [0.05, 0.1) is 24.8 Å². The fraction of sp³-hybridized carbons (Fsp3) is 0.448. The molecule has 2 aromatic carbocycles.